The maximum absolute atomic E-state index is 4.47. The van der Waals surface area contributed by atoms with Gasteiger partial charge >= 0.3 is 0 Å². The summed E-state index contributed by atoms with van der Waals surface area (Å²) in [6.45, 7) is 6.43. The maximum Gasteiger partial charge on any atom is 0.107 e. The van der Waals surface area contributed by atoms with Crippen molar-refractivity contribution < 1.29 is 0 Å². The first kappa shape index (κ1) is 13.0. The molecule has 1 aromatic rings. The molecule has 2 rings (SSSR count). The van der Waals surface area contributed by atoms with Crippen molar-refractivity contribution in [1.82, 2.24) is 15.6 Å². The molecule has 1 aliphatic rings. The Kier molecular flexibility index (Phi) is 4.95. The van der Waals surface area contributed by atoms with Gasteiger partial charge in [0.05, 0.1) is 0 Å². The molecule has 1 aromatic heterocycles. The summed E-state index contributed by atoms with van der Waals surface area (Å²) < 4.78 is 0. The number of aryl methyl sites for hydroxylation is 1. The van der Waals surface area contributed by atoms with Crippen molar-refractivity contribution in [3.63, 3.8) is 0 Å². The summed E-state index contributed by atoms with van der Waals surface area (Å²) in [6.07, 6.45) is 5.29. The molecule has 0 aliphatic carbocycles. The first-order valence-electron chi connectivity index (χ1n) is 6.62. The number of nitrogens with zero attached hydrogens (tertiary/aromatic N) is 1. The highest BCUT2D eigenvalue weighted by atomic mass is 32.1. The van der Waals surface area contributed by atoms with Gasteiger partial charge in [0.15, 0.2) is 0 Å². The average Bonchev–Trinajstić information content (AvgIpc) is 2.74. The third kappa shape index (κ3) is 4.37. The number of rotatable bonds is 5. The van der Waals surface area contributed by atoms with Gasteiger partial charge in [-0.25, -0.2) is 4.98 Å². The lowest BCUT2D eigenvalue weighted by Crippen LogP contribution is -2.39. The van der Waals surface area contributed by atoms with E-state index in [0.717, 1.165) is 12.2 Å². The molecule has 0 bridgehead atoms. The van der Waals surface area contributed by atoms with E-state index in [0.29, 0.717) is 12.1 Å². The molecule has 0 spiro atoms. The fraction of sp³-hybridized carbons (Fsp3) is 0.769. The van der Waals surface area contributed by atoms with Gasteiger partial charge in [-0.15, -0.1) is 11.3 Å². The Labute approximate surface area is 108 Å². The summed E-state index contributed by atoms with van der Waals surface area (Å²) in [5, 5.41) is 10.5. The van der Waals surface area contributed by atoms with Crippen molar-refractivity contribution >= 4 is 11.3 Å². The van der Waals surface area contributed by atoms with Crippen LogP contribution in [0.3, 0.4) is 0 Å². The van der Waals surface area contributed by atoms with E-state index in [4.69, 9.17) is 0 Å². The van der Waals surface area contributed by atoms with Gasteiger partial charge in [0.2, 0.25) is 0 Å². The van der Waals surface area contributed by atoms with E-state index in [1.807, 2.05) is 0 Å². The standard InChI is InChI=1S/C13H23N3S/c1-10(7-12-5-3-4-6-14-12)15-8-13-16-11(2)9-17-13/h9-10,12,14-15H,3-8H2,1-2H3. The van der Waals surface area contributed by atoms with Crippen molar-refractivity contribution in [1.29, 1.82) is 0 Å². The Bertz CT molecular complexity index is 331. The van der Waals surface area contributed by atoms with Crippen LogP contribution in [0.15, 0.2) is 5.38 Å². The normalized spacial score (nSPS) is 22.6. The van der Waals surface area contributed by atoms with Gasteiger partial charge < -0.3 is 10.6 Å². The fourth-order valence-electron chi connectivity index (χ4n) is 2.38. The zero-order chi connectivity index (χ0) is 12.1. The zero-order valence-corrected chi connectivity index (χ0v) is 11.6. The number of hydrogen-bond donors (Lipinski definition) is 2. The van der Waals surface area contributed by atoms with Crippen LogP contribution in [0.5, 0.6) is 0 Å². The quantitative estimate of drug-likeness (QED) is 0.846. The van der Waals surface area contributed by atoms with Crippen LogP contribution >= 0.6 is 11.3 Å². The monoisotopic (exact) mass is 253 g/mol. The van der Waals surface area contributed by atoms with Gasteiger partial charge in [0.25, 0.3) is 0 Å². The zero-order valence-electron chi connectivity index (χ0n) is 10.8. The SMILES string of the molecule is Cc1csc(CNC(C)CC2CCCCN2)n1. The van der Waals surface area contributed by atoms with E-state index in [1.165, 1.54) is 37.2 Å². The van der Waals surface area contributed by atoms with Gasteiger partial charge in [-0.05, 0) is 39.7 Å². The second-order valence-electron chi connectivity index (χ2n) is 5.05. The molecule has 0 amide bonds. The Morgan fingerprint density at radius 3 is 3.12 bits per heavy atom. The van der Waals surface area contributed by atoms with E-state index in [1.54, 1.807) is 11.3 Å². The molecule has 0 aromatic carbocycles. The lowest BCUT2D eigenvalue weighted by molar-refractivity contribution is 0.344. The molecule has 1 fully saturated rings. The highest BCUT2D eigenvalue weighted by Crippen LogP contribution is 2.13. The Hall–Kier alpha value is -0.450. The molecule has 1 saturated heterocycles. The molecule has 1 aliphatic heterocycles. The topological polar surface area (TPSA) is 37.0 Å². The van der Waals surface area contributed by atoms with Crippen LogP contribution in [0, 0.1) is 6.92 Å². The van der Waals surface area contributed by atoms with Crippen LogP contribution in [0.4, 0.5) is 0 Å². The third-order valence-electron chi connectivity index (χ3n) is 3.32. The summed E-state index contributed by atoms with van der Waals surface area (Å²) in [6, 6.07) is 1.28. The second kappa shape index (κ2) is 6.47. The highest BCUT2D eigenvalue weighted by molar-refractivity contribution is 7.09. The summed E-state index contributed by atoms with van der Waals surface area (Å²) in [4.78, 5) is 4.47. The lowest BCUT2D eigenvalue weighted by atomic mass is 9.99. The van der Waals surface area contributed by atoms with Crippen LogP contribution in [0.25, 0.3) is 0 Å². The van der Waals surface area contributed by atoms with Gasteiger partial charge in [-0.2, -0.15) is 0 Å². The van der Waals surface area contributed by atoms with Gasteiger partial charge in [-0.1, -0.05) is 6.42 Å². The van der Waals surface area contributed by atoms with Crippen LogP contribution in [0.2, 0.25) is 0 Å². The highest BCUT2D eigenvalue weighted by Gasteiger charge is 2.15. The van der Waals surface area contributed by atoms with Crippen molar-refractivity contribution in [2.45, 2.75) is 58.2 Å². The molecule has 2 heterocycles. The largest absolute Gasteiger partial charge is 0.314 e. The molecular weight excluding hydrogens is 230 g/mol. The number of nitrogens with one attached hydrogen (secondary N) is 2. The predicted molar refractivity (Wildman–Crippen MR) is 73.4 cm³/mol. The molecular formula is C13H23N3S. The summed E-state index contributed by atoms with van der Waals surface area (Å²) >= 11 is 1.75. The molecule has 17 heavy (non-hydrogen) atoms. The molecule has 2 atom stereocenters. The number of thiazole rings is 1. The smallest absolute Gasteiger partial charge is 0.107 e. The minimum Gasteiger partial charge on any atom is -0.314 e. The fourth-order valence-corrected chi connectivity index (χ4v) is 3.10. The van der Waals surface area contributed by atoms with Crippen LogP contribution < -0.4 is 10.6 Å². The predicted octanol–water partition coefficient (Wildman–Crippen LogP) is 2.46. The van der Waals surface area contributed by atoms with E-state index >= 15 is 0 Å². The van der Waals surface area contributed by atoms with Crippen LogP contribution in [-0.4, -0.2) is 23.6 Å². The van der Waals surface area contributed by atoms with E-state index in [9.17, 15) is 0 Å². The summed E-state index contributed by atoms with van der Waals surface area (Å²) in [7, 11) is 0. The van der Waals surface area contributed by atoms with Crippen LogP contribution in [-0.2, 0) is 6.54 Å². The van der Waals surface area contributed by atoms with E-state index in [-0.39, 0.29) is 0 Å². The number of hydrogen-bond acceptors (Lipinski definition) is 4. The van der Waals surface area contributed by atoms with Gasteiger partial charge in [0, 0.05) is 29.7 Å². The van der Waals surface area contributed by atoms with Crippen molar-refractivity contribution in [2.24, 2.45) is 0 Å². The third-order valence-corrected chi connectivity index (χ3v) is 4.29. The maximum atomic E-state index is 4.47. The van der Waals surface area contributed by atoms with Crippen molar-refractivity contribution in [3.8, 4) is 0 Å². The Balaban J connectivity index is 1.68. The summed E-state index contributed by atoms with van der Waals surface area (Å²) in [5.41, 5.74) is 1.13. The van der Waals surface area contributed by atoms with Crippen molar-refractivity contribution in [2.75, 3.05) is 6.54 Å². The van der Waals surface area contributed by atoms with E-state index in [2.05, 4.69) is 34.8 Å². The van der Waals surface area contributed by atoms with Gasteiger partial charge in [0.1, 0.15) is 5.01 Å². The van der Waals surface area contributed by atoms with Crippen molar-refractivity contribution in [3.05, 3.63) is 16.1 Å². The lowest BCUT2D eigenvalue weighted by Gasteiger charge is -2.26. The number of aromatic nitrogens is 1. The average molecular weight is 253 g/mol. The molecule has 3 nitrogen and oxygen atoms in total. The first-order chi connectivity index (χ1) is 8.24. The molecule has 96 valence electrons. The Morgan fingerprint density at radius 1 is 1.59 bits per heavy atom. The number of piperidine rings is 1. The van der Waals surface area contributed by atoms with Gasteiger partial charge in [-0.3, -0.25) is 0 Å². The second-order valence-corrected chi connectivity index (χ2v) is 5.99. The Morgan fingerprint density at radius 2 is 2.47 bits per heavy atom. The van der Waals surface area contributed by atoms with E-state index < -0.39 is 0 Å². The minimum atomic E-state index is 0.565. The summed E-state index contributed by atoms with van der Waals surface area (Å²) in [5.74, 6) is 0. The molecule has 0 radical (unpaired) electrons. The first-order valence-corrected chi connectivity index (χ1v) is 7.50. The minimum absolute atomic E-state index is 0.565. The molecule has 2 N–H and O–H groups in total. The molecule has 0 saturated carbocycles. The molecule has 2 unspecified atom stereocenters. The van der Waals surface area contributed by atoms with Crippen LogP contribution in [0.1, 0.15) is 43.3 Å². The molecule has 4 heteroatoms.